The van der Waals surface area contributed by atoms with Crippen LogP contribution >= 0.6 is 0 Å². The molecule has 0 N–H and O–H groups in total. The summed E-state index contributed by atoms with van der Waals surface area (Å²) in [6.45, 7) is 1.85. The van der Waals surface area contributed by atoms with E-state index in [-0.39, 0.29) is 36.4 Å². The van der Waals surface area contributed by atoms with Gasteiger partial charge < -0.3 is 9.80 Å². The van der Waals surface area contributed by atoms with Crippen LogP contribution in [0.1, 0.15) is 18.4 Å². The molecule has 1 unspecified atom stereocenters. The van der Waals surface area contributed by atoms with Crippen LogP contribution in [0, 0.1) is 5.82 Å². The molecule has 2 aliphatic heterocycles. The summed E-state index contributed by atoms with van der Waals surface area (Å²) in [5.74, 6) is -1.09. The first-order chi connectivity index (χ1) is 17.4. The highest BCUT2D eigenvalue weighted by atomic mass is 19.1. The van der Waals surface area contributed by atoms with Gasteiger partial charge in [-0.15, -0.1) is 0 Å². The zero-order valence-electron chi connectivity index (χ0n) is 20.2. The lowest BCUT2D eigenvalue weighted by molar-refractivity contribution is -0.141. The first-order valence-corrected chi connectivity index (χ1v) is 12.1. The summed E-state index contributed by atoms with van der Waals surface area (Å²) in [6, 6.07) is 24.1. The lowest BCUT2D eigenvalue weighted by Gasteiger charge is -2.37. The van der Waals surface area contributed by atoms with Gasteiger partial charge in [0.15, 0.2) is 0 Å². The highest BCUT2D eigenvalue weighted by Crippen LogP contribution is 2.40. The maximum atomic E-state index is 14.2. The third-order valence-electron chi connectivity index (χ3n) is 7.36. The molecule has 0 spiro atoms. The molecule has 2 fully saturated rings. The van der Waals surface area contributed by atoms with Crippen molar-refractivity contribution in [1.29, 1.82) is 0 Å². The minimum atomic E-state index is -1.22. The lowest BCUT2D eigenvalue weighted by Crippen LogP contribution is -2.51. The quantitative estimate of drug-likeness (QED) is 0.515. The van der Waals surface area contributed by atoms with Crippen molar-refractivity contribution < 1.29 is 18.8 Å². The Kier molecular flexibility index (Phi) is 6.31. The second-order valence-corrected chi connectivity index (χ2v) is 9.46. The van der Waals surface area contributed by atoms with E-state index in [1.54, 1.807) is 23.1 Å². The van der Waals surface area contributed by atoms with Crippen molar-refractivity contribution in [2.24, 2.45) is 0 Å². The number of hydrogen-bond donors (Lipinski definition) is 0. The van der Waals surface area contributed by atoms with Crippen molar-refractivity contribution in [3.8, 4) is 11.1 Å². The van der Waals surface area contributed by atoms with E-state index < -0.39 is 5.41 Å². The van der Waals surface area contributed by atoms with Crippen molar-refractivity contribution >= 4 is 23.4 Å². The van der Waals surface area contributed by atoms with Crippen molar-refractivity contribution in [1.82, 2.24) is 9.80 Å². The van der Waals surface area contributed by atoms with E-state index in [9.17, 15) is 18.8 Å². The maximum Gasteiger partial charge on any atom is 0.240 e. The van der Waals surface area contributed by atoms with E-state index >= 15 is 0 Å². The molecule has 2 aliphatic rings. The molecule has 2 heterocycles. The van der Waals surface area contributed by atoms with Crippen molar-refractivity contribution in [3.05, 3.63) is 90.2 Å². The summed E-state index contributed by atoms with van der Waals surface area (Å²) >= 11 is 0. The van der Waals surface area contributed by atoms with E-state index in [1.807, 2.05) is 59.5 Å². The largest absolute Gasteiger partial charge is 0.366 e. The number of likely N-dealkylation sites (tertiary alicyclic amines) is 1. The smallest absolute Gasteiger partial charge is 0.240 e. The summed E-state index contributed by atoms with van der Waals surface area (Å²) in [7, 11) is 1.47. The van der Waals surface area contributed by atoms with Crippen LogP contribution in [-0.4, -0.2) is 60.7 Å². The fourth-order valence-corrected chi connectivity index (χ4v) is 5.24. The van der Waals surface area contributed by atoms with E-state index in [0.29, 0.717) is 37.4 Å². The number of likely N-dealkylation sites (N-methyl/N-ethyl adjacent to an activating group) is 1. The predicted octanol–water partition coefficient (Wildman–Crippen LogP) is 3.86. The maximum absolute atomic E-state index is 14.2. The average Bonchev–Trinajstić information content (AvgIpc) is 3.13. The fourth-order valence-electron chi connectivity index (χ4n) is 5.24. The zero-order chi connectivity index (χ0) is 25.3. The number of nitrogens with zero attached hydrogens (tertiary/aromatic N) is 3. The predicted molar refractivity (Wildman–Crippen MR) is 136 cm³/mol. The van der Waals surface area contributed by atoms with Crippen LogP contribution in [0.25, 0.3) is 11.1 Å². The van der Waals surface area contributed by atoms with Crippen LogP contribution in [0.4, 0.5) is 10.1 Å². The van der Waals surface area contributed by atoms with Crippen molar-refractivity contribution in [2.45, 2.75) is 18.3 Å². The molecule has 184 valence electrons. The van der Waals surface area contributed by atoms with Crippen LogP contribution in [0.3, 0.4) is 0 Å². The van der Waals surface area contributed by atoms with Crippen LogP contribution in [0.15, 0.2) is 78.9 Å². The molecule has 0 saturated carbocycles. The molecule has 3 amide bonds. The average molecular weight is 486 g/mol. The highest BCUT2D eigenvalue weighted by Gasteiger charge is 2.53. The van der Waals surface area contributed by atoms with Gasteiger partial charge in [0.1, 0.15) is 5.82 Å². The monoisotopic (exact) mass is 485 g/mol. The van der Waals surface area contributed by atoms with Crippen LogP contribution in [-0.2, 0) is 19.8 Å². The molecule has 1 atom stereocenters. The summed E-state index contributed by atoms with van der Waals surface area (Å²) in [5, 5.41) is 0. The van der Waals surface area contributed by atoms with E-state index in [4.69, 9.17) is 0 Å². The van der Waals surface area contributed by atoms with E-state index in [0.717, 1.165) is 16.0 Å². The first-order valence-electron chi connectivity index (χ1n) is 12.1. The Hall–Kier alpha value is -4.00. The molecule has 0 aliphatic carbocycles. The Morgan fingerprint density at radius 1 is 0.833 bits per heavy atom. The second-order valence-electron chi connectivity index (χ2n) is 9.46. The molecule has 7 heteroatoms. The fraction of sp³-hybridized carbons (Fsp3) is 0.276. The van der Waals surface area contributed by atoms with Gasteiger partial charge in [0, 0.05) is 46.1 Å². The standard InChI is InChI=1S/C29H28FN3O3/c1-31-26(34)19-29(28(31)36,23-13-11-22(12-14-23)21-7-3-2-4-8-21)20-27(35)33-17-15-32(16-18-33)25-10-6-5-9-24(25)30/h2-14H,15-20H2,1H3. The zero-order valence-corrected chi connectivity index (χ0v) is 20.2. The van der Waals surface area contributed by atoms with Gasteiger partial charge in [-0.25, -0.2) is 4.39 Å². The summed E-state index contributed by atoms with van der Waals surface area (Å²) in [4.78, 5) is 44.2. The number of amides is 3. The minimum absolute atomic E-state index is 0.0338. The molecule has 0 bridgehead atoms. The minimum Gasteiger partial charge on any atom is -0.366 e. The Morgan fingerprint density at radius 3 is 2.06 bits per heavy atom. The number of halogens is 1. The SMILES string of the molecule is CN1C(=O)CC(CC(=O)N2CCN(c3ccccc3F)CC2)(c2ccc(-c3ccccc3)cc2)C1=O. The normalized spacial score (nSPS) is 20.2. The molecular weight excluding hydrogens is 457 g/mol. The van der Waals surface area contributed by atoms with Crippen molar-refractivity contribution in [2.75, 3.05) is 38.1 Å². The number of anilines is 1. The Morgan fingerprint density at radius 2 is 1.44 bits per heavy atom. The van der Waals surface area contributed by atoms with Gasteiger partial charge >= 0.3 is 0 Å². The van der Waals surface area contributed by atoms with Gasteiger partial charge in [0.2, 0.25) is 17.7 Å². The van der Waals surface area contributed by atoms with Gasteiger partial charge in [-0.1, -0.05) is 66.7 Å². The third-order valence-corrected chi connectivity index (χ3v) is 7.36. The van der Waals surface area contributed by atoms with Gasteiger partial charge in [-0.3, -0.25) is 19.3 Å². The van der Waals surface area contributed by atoms with Gasteiger partial charge in [0.05, 0.1) is 11.1 Å². The number of carbonyl (C=O) groups excluding carboxylic acids is 3. The lowest BCUT2D eigenvalue weighted by atomic mass is 9.75. The summed E-state index contributed by atoms with van der Waals surface area (Å²) < 4.78 is 14.2. The number of carbonyl (C=O) groups is 3. The molecule has 3 aromatic carbocycles. The third kappa shape index (κ3) is 4.26. The number of para-hydroxylation sites is 1. The van der Waals surface area contributed by atoms with Gasteiger partial charge in [0.25, 0.3) is 0 Å². The van der Waals surface area contributed by atoms with Crippen LogP contribution < -0.4 is 4.90 Å². The molecular formula is C29H28FN3O3. The number of benzene rings is 3. The number of piperazine rings is 1. The van der Waals surface area contributed by atoms with Crippen LogP contribution in [0.2, 0.25) is 0 Å². The topological polar surface area (TPSA) is 60.9 Å². The Labute approximate surface area is 209 Å². The van der Waals surface area contributed by atoms with Crippen molar-refractivity contribution in [3.63, 3.8) is 0 Å². The van der Waals surface area contributed by atoms with E-state index in [1.165, 1.54) is 13.1 Å². The summed E-state index contributed by atoms with van der Waals surface area (Å²) in [5.41, 5.74) is 2.02. The molecule has 36 heavy (non-hydrogen) atoms. The number of rotatable bonds is 5. The molecule has 6 nitrogen and oxygen atoms in total. The molecule has 2 saturated heterocycles. The molecule has 5 rings (SSSR count). The summed E-state index contributed by atoms with van der Waals surface area (Å²) in [6.07, 6.45) is -0.111. The Balaban J connectivity index is 1.36. The highest BCUT2D eigenvalue weighted by molar-refractivity contribution is 6.10. The van der Waals surface area contributed by atoms with Gasteiger partial charge in [-0.05, 0) is 28.8 Å². The molecule has 0 radical (unpaired) electrons. The number of hydrogen-bond acceptors (Lipinski definition) is 4. The molecule has 0 aromatic heterocycles. The van der Waals surface area contributed by atoms with E-state index in [2.05, 4.69) is 0 Å². The van der Waals surface area contributed by atoms with Gasteiger partial charge in [-0.2, -0.15) is 0 Å². The molecule has 3 aromatic rings. The Bertz CT molecular complexity index is 1290. The number of imide groups is 1. The first kappa shape index (κ1) is 23.7. The second kappa shape index (κ2) is 9.57. The van der Waals surface area contributed by atoms with Crippen LogP contribution in [0.5, 0.6) is 0 Å².